The number of amidine groups is 1. The number of anilines is 2. The number of hydrogen-bond acceptors (Lipinski definition) is 6. The van der Waals surface area contributed by atoms with Gasteiger partial charge in [-0.15, -0.1) is 0 Å². The van der Waals surface area contributed by atoms with Crippen LogP contribution in [0.3, 0.4) is 0 Å². The number of amides is 2. The van der Waals surface area contributed by atoms with E-state index in [1.54, 1.807) is 35.2 Å². The molecule has 0 atom stereocenters. The molecule has 0 aromatic heterocycles. The summed E-state index contributed by atoms with van der Waals surface area (Å²) in [6.07, 6.45) is 5.57. The maximum absolute atomic E-state index is 13.1. The summed E-state index contributed by atoms with van der Waals surface area (Å²) in [6.45, 7) is 4.47. The van der Waals surface area contributed by atoms with Crippen molar-refractivity contribution in [2.75, 3.05) is 36.5 Å². The summed E-state index contributed by atoms with van der Waals surface area (Å²) in [5, 5.41) is 3.78. The number of nitrogens with zero attached hydrogens (tertiary/aromatic N) is 3. The summed E-state index contributed by atoms with van der Waals surface area (Å²) in [6, 6.07) is 22.6. The predicted octanol–water partition coefficient (Wildman–Crippen LogP) is 6.97. The summed E-state index contributed by atoms with van der Waals surface area (Å²) in [5.74, 6) is 0.0158. The van der Waals surface area contributed by atoms with Gasteiger partial charge in [0, 0.05) is 31.0 Å². The first kappa shape index (κ1) is 27.8. The highest BCUT2D eigenvalue weighted by Crippen LogP contribution is 2.35. The van der Waals surface area contributed by atoms with Crippen LogP contribution in [0.5, 0.6) is 5.75 Å². The monoisotopic (exact) mass is 574 g/mol. The molecule has 0 spiro atoms. The lowest BCUT2D eigenvalue weighted by Crippen LogP contribution is -2.29. The number of likely N-dealkylation sites (N-methyl/N-ethyl adjacent to an activating group) is 1. The number of para-hydroxylation sites is 1. The second-order valence-electron chi connectivity index (χ2n) is 9.51. The summed E-state index contributed by atoms with van der Waals surface area (Å²) in [5.41, 5.74) is 3.48. The molecular formula is C31H31ClN4O3S. The molecule has 2 aliphatic heterocycles. The molecule has 0 bridgehead atoms. The van der Waals surface area contributed by atoms with E-state index >= 15 is 0 Å². The summed E-state index contributed by atoms with van der Waals surface area (Å²) < 4.78 is 5.61. The molecule has 1 N–H and O–H groups in total. The number of carbonyl (C=O) groups is 2. The topological polar surface area (TPSA) is 74.2 Å². The Labute approximate surface area is 243 Å². The van der Waals surface area contributed by atoms with E-state index in [1.165, 1.54) is 36.7 Å². The standard InChI is InChI=1S/C31H31ClN4O3S/c1-2-36-30(38)28(40-31(36)34-24-12-14-25(15-13-24)35-17-7-4-8-18-35)20-22-11-16-27(26(32)19-22)39-21-29(37)33-23-9-5-3-6-10-23/h3,5-6,9-16,19-20H,2,4,7-8,17-18,21H2,1H3,(H,33,37)/b28-20-,34-31?. The van der Waals surface area contributed by atoms with Crippen LogP contribution in [0.2, 0.25) is 5.02 Å². The van der Waals surface area contributed by atoms with Crippen molar-refractivity contribution in [3.05, 3.63) is 88.3 Å². The Hall–Kier alpha value is -3.75. The van der Waals surface area contributed by atoms with Crippen LogP contribution in [0, 0.1) is 0 Å². The molecule has 2 aliphatic rings. The first-order valence-electron chi connectivity index (χ1n) is 13.4. The van der Waals surface area contributed by atoms with Crippen molar-refractivity contribution in [3.63, 3.8) is 0 Å². The van der Waals surface area contributed by atoms with Crippen LogP contribution < -0.4 is 15.0 Å². The van der Waals surface area contributed by atoms with Crippen LogP contribution in [0.1, 0.15) is 31.7 Å². The van der Waals surface area contributed by atoms with Crippen molar-refractivity contribution >= 4 is 63.5 Å². The van der Waals surface area contributed by atoms with E-state index in [0.717, 1.165) is 24.3 Å². The van der Waals surface area contributed by atoms with Gasteiger partial charge in [-0.2, -0.15) is 0 Å². The lowest BCUT2D eigenvalue weighted by atomic mass is 10.1. The number of benzene rings is 3. The highest BCUT2D eigenvalue weighted by Gasteiger charge is 2.32. The number of aliphatic imine (C=N–C) groups is 1. The van der Waals surface area contributed by atoms with Crippen molar-refractivity contribution in [3.8, 4) is 5.75 Å². The molecule has 0 unspecified atom stereocenters. The van der Waals surface area contributed by atoms with Gasteiger partial charge in [0.05, 0.1) is 15.6 Å². The highest BCUT2D eigenvalue weighted by molar-refractivity contribution is 8.18. The molecule has 2 fully saturated rings. The third-order valence-corrected chi connectivity index (χ3v) is 7.97. The summed E-state index contributed by atoms with van der Waals surface area (Å²) >= 11 is 7.79. The summed E-state index contributed by atoms with van der Waals surface area (Å²) in [7, 11) is 0. The van der Waals surface area contributed by atoms with Crippen molar-refractivity contribution in [2.45, 2.75) is 26.2 Å². The number of nitrogens with one attached hydrogen (secondary N) is 1. The fraction of sp³-hybridized carbons (Fsp3) is 0.258. The molecule has 2 saturated heterocycles. The SMILES string of the molecule is CCN1C(=O)/C(=C/c2ccc(OCC(=O)Nc3ccccc3)c(Cl)c2)SC1=Nc1ccc(N2CCCCC2)cc1. The second kappa shape index (κ2) is 13.1. The average molecular weight is 575 g/mol. The molecule has 2 heterocycles. The number of ether oxygens (including phenoxy) is 1. The number of halogens is 1. The Bertz CT molecular complexity index is 1420. The van der Waals surface area contributed by atoms with E-state index in [0.29, 0.717) is 33.1 Å². The van der Waals surface area contributed by atoms with Crippen LogP contribution >= 0.6 is 23.4 Å². The van der Waals surface area contributed by atoms with Crippen molar-refractivity contribution in [1.82, 2.24) is 4.90 Å². The van der Waals surface area contributed by atoms with E-state index in [4.69, 9.17) is 21.3 Å². The minimum absolute atomic E-state index is 0.0924. The van der Waals surface area contributed by atoms with E-state index < -0.39 is 0 Å². The number of hydrogen-bond donors (Lipinski definition) is 1. The molecule has 0 saturated carbocycles. The van der Waals surface area contributed by atoms with Gasteiger partial charge in [-0.1, -0.05) is 35.9 Å². The van der Waals surface area contributed by atoms with Crippen molar-refractivity contribution < 1.29 is 14.3 Å². The third kappa shape index (κ3) is 6.87. The molecule has 7 nitrogen and oxygen atoms in total. The maximum Gasteiger partial charge on any atom is 0.266 e. The van der Waals surface area contributed by atoms with Gasteiger partial charge in [-0.3, -0.25) is 14.5 Å². The Morgan fingerprint density at radius 1 is 1.05 bits per heavy atom. The minimum atomic E-state index is -0.283. The lowest BCUT2D eigenvalue weighted by molar-refractivity contribution is -0.122. The Morgan fingerprint density at radius 2 is 1.80 bits per heavy atom. The predicted molar refractivity (Wildman–Crippen MR) is 165 cm³/mol. The largest absolute Gasteiger partial charge is 0.482 e. The normalized spacial score (nSPS) is 17.5. The third-order valence-electron chi connectivity index (χ3n) is 6.67. The minimum Gasteiger partial charge on any atom is -0.482 e. The number of thioether (sulfide) groups is 1. The molecule has 3 aromatic rings. The van der Waals surface area contributed by atoms with Crippen molar-refractivity contribution in [2.24, 2.45) is 4.99 Å². The van der Waals surface area contributed by atoms with Crippen LogP contribution in [0.25, 0.3) is 6.08 Å². The van der Waals surface area contributed by atoms with Crippen LogP contribution in [-0.4, -0.2) is 48.1 Å². The first-order chi connectivity index (χ1) is 19.5. The smallest absolute Gasteiger partial charge is 0.266 e. The first-order valence-corrected chi connectivity index (χ1v) is 14.6. The van der Waals surface area contributed by atoms with E-state index in [9.17, 15) is 9.59 Å². The Balaban J connectivity index is 1.24. The van der Waals surface area contributed by atoms with Crippen LogP contribution in [0.15, 0.2) is 82.7 Å². The van der Waals surface area contributed by atoms with Gasteiger partial charge in [0.1, 0.15) is 5.75 Å². The molecule has 5 rings (SSSR count). The lowest BCUT2D eigenvalue weighted by Gasteiger charge is -2.28. The second-order valence-corrected chi connectivity index (χ2v) is 10.9. The number of piperidine rings is 1. The number of rotatable bonds is 8. The molecule has 0 radical (unpaired) electrons. The number of carbonyl (C=O) groups excluding carboxylic acids is 2. The quantitative estimate of drug-likeness (QED) is 0.294. The van der Waals surface area contributed by atoms with E-state index in [2.05, 4.69) is 22.3 Å². The zero-order valence-electron chi connectivity index (χ0n) is 22.3. The van der Waals surface area contributed by atoms with Gasteiger partial charge < -0.3 is 15.0 Å². The van der Waals surface area contributed by atoms with Gasteiger partial charge >= 0.3 is 0 Å². The summed E-state index contributed by atoms with van der Waals surface area (Å²) in [4.78, 5) is 34.8. The zero-order valence-corrected chi connectivity index (χ0v) is 23.9. The van der Waals surface area contributed by atoms with Crippen LogP contribution in [-0.2, 0) is 9.59 Å². The maximum atomic E-state index is 13.1. The van der Waals surface area contributed by atoms with Gasteiger partial charge in [-0.05, 0) is 98.1 Å². The molecule has 3 aromatic carbocycles. The van der Waals surface area contributed by atoms with Gasteiger partial charge in [0.15, 0.2) is 11.8 Å². The average Bonchev–Trinajstić information content (AvgIpc) is 3.27. The molecule has 0 aliphatic carbocycles. The molecule has 40 heavy (non-hydrogen) atoms. The van der Waals surface area contributed by atoms with E-state index in [1.807, 2.05) is 43.3 Å². The molecular weight excluding hydrogens is 544 g/mol. The van der Waals surface area contributed by atoms with Crippen molar-refractivity contribution in [1.29, 1.82) is 0 Å². The fourth-order valence-electron chi connectivity index (χ4n) is 4.61. The molecule has 206 valence electrons. The highest BCUT2D eigenvalue weighted by atomic mass is 35.5. The molecule has 2 amide bonds. The zero-order chi connectivity index (χ0) is 27.9. The fourth-order valence-corrected chi connectivity index (χ4v) is 5.91. The van der Waals surface area contributed by atoms with Gasteiger partial charge in [-0.25, -0.2) is 4.99 Å². The van der Waals surface area contributed by atoms with Gasteiger partial charge in [0.25, 0.3) is 11.8 Å². The van der Waals surface area contributed by atoms with Gasteiger partial charge in [0.2, 0.25) is 0 Å². The van der Waals surface area contributed by atoms with Crippen LogP contribution in [0.4, 0.5) is 17.1 Å². The van der Waals surface area contributed by atoms with E-state index in [-0.39, 0.29) is 18.4 Å². The Morgan fingerprint density at radius 3 is 2.50 bits per heavy atom. The Kier molecular flexibility index (Phi) is 9.08. The molecule has 9 heteroatoms.